The van der Waals surface area contributed by atoms with Crippen molar-refractivity contribution in [2.24, 2.45) is 16.9 Å². The fraction of sp³-hybridized carbons (Fsp3) is 0.353. The molecule has 0 spiro atoms. The Morgan fingerprint density at radius 1 is 1.45 bits per heavy atom. The monoisotopic (exact) mass is 498 g/mol. The summed E-state index contributed by atoms with van der Waals surface area (Å²) in [7, 11) is 2.92. The Morgan fingerprint density at radius 2 is 2.07 bits per heavy atom. The van der Waals surface area contributed by atoms with Crippen LogP contribution in [0.5, 0.6) is 0 Å². The number of halogens is 6. The average molecular weight is 500 g/mol. The van der Waals surface area contributed by atoms with E-state index in [4.69, 9.17) is 11.6 Å². The number of hydrazone groups is 1. The zero-order valence-electron chi connectivity index (χ0n) is 15.2. The molecule has 6 nitrogen and oxygen atoms in total. The normalized spacial score (nSPS) is 20.1. The Hall–Kier alpha value is -2.14. The maximum atomic E-state index is 13.7. The summed E-state index contributed by atoms with van der Waals surface area (Å²) in [6, 6.07) is 2.57. The van der Waals surface area contributed by atoms with Gasteiger partial charge in [0, 0.05) is 26.6 Å². The molecule has 1 aliphatic heterocycles. The molecule has 1 heterocycles. The highest BCUT2D eigenvalue weighted by Gasteiger charge is 2.46. The summed E-state index contributed by atoms with van der Waals surface area (Å²) in [6.45, 7) is 3.56. The van der Waals surface area contributed by atoms with Gasteiger partial charge in [0.15, 0.2) is 0 Å². The van der Waals surface area contributed by atoms with Crippen molar-refractivity contribution in [1.82, 2.24) is 9.91 Å². The third-order valence-electron chi connectivity index (χ3n) is 4.26. The lowest BCUT2D eigenvalue weighted by Crippen LogP contribution is -2.35. The molecular weight excluding hydrogens is 484 g/mol. The van der Waals surface area contributed by atoms with E-state index in [1.54, 1.807) is 0 Å². The molecule has 2 rings (SSSR count). The average Bonchev–Trinajstić information content (AvgIpc) is 2.88. The Morgan fingerprint density at radius 3 is 2.62 bits per heavy atom. The van der Waals surface area contributed by atoms with Crippen molar-refractivity contribution in [3.63, 3.8) is 0 Å². The van der Waals surface area contributed by atoms with Crippen LogP contribution in [-0.2, 0) is 15.8 Å². The van der Waals surface area contributed by atoms with Gasteiger partial charge in [0.25, 0.3) is 0 Å². The number of nitrogens with zero attached hydrogens (tertiary/aromatic N) is 3. The standard InChI is InChI=1S/C17H16BrClF4N4O2/c1-8(19)27(3)25-14(18)9-7-26(2)16(29)12(9)15(28)24-11-6-4-5-10(20)13(11)17(21,22)23/h4-6,9,12H,1,7H2,2-3H3,(H,24,28)/b25-14-/t9-,12-/m0/s1. The number of amides is 2. The predicted molar refractivity (Wildman–Crippen MR) is 104 cm³/mol. The van der Waals surface area contributed by atoms with Crippen molar-refractivity contribution >= 4 is 49.7 Å². The predicted octanol–water partition coefficient (Wildman–Crippen LogP) is 3.84. The van der Waals surface area contributed by atoms with Crippen LogP contribution in [0.1, 0.15) is 5.56 Å². The first-order valence-electron chi connectivity index (χ1n) is 8.08. The third-order valence-corrected chi connectivity index (χ3v) is 5.25. The number of anilines is 1. The van der Waals surface area contributed by atoms with Crippen molar-refractivity contribution in [3.05, 3.63) is 41.3 Å². The van der Waals surface area contributed by atoms with Crippen LogP contribution in [0.2, 0.25) is 0 Å². The van der Waals surface area contributed by atoms with Gasteiger partial charge in [0.1, 0.15) is 27.1 Å². The quantitative estimate of drug-likeness (QED) is 0.220. The molecule has 1 fully saturated rings. The summed E-state index contributed by atoms with van der Waals surface area (Å²) >= 11 is 8.91. The van der Waals surface area contributed by atoms with Crippen LogP contribution >= 0.6 is 27.5 Å². The SMILES string of the molecule is C=C(Cl)N(C)/N=C(\Br)[C@H]1CN(C)C(=O)[C@@H]1C(=O)Nc1cccc(F)c1C(F)(F)F. The topological polar surface area (TPSA) is 65.0 Å². The molecule has 29 heavy (non-hydrogen) atoms. The molecule has 0 saturated carbocycles. The van der Waals surface area contributed by atoms with Gasteiger partial charge in [-0.3, -0.25) is 14.6 Å². The highest BCUT2D eigenvalue weighted by atomic mass is 79.9. The van der Waals surface area contributed by atoms with E-state index >= 15 is 0 Å². The molecule has 2 amide bonds. The molecule has 158 valence electrons. The van der Waals surface area contributed by atoms with Crippen molar-refractivity contribution in [1.29, 1.82) is 0 Å². The lowest BCUT2D eigenvalue weighted by atomic mass is 9.95. The van der Waals surface area contributed by atoms with Gasteiger partial charge >= 0.3 is 6.18 Å². The second-order valence-electron chi connectivity index (χ2n) is 6.27. The zero-order valence-corrected chi connectivity index (χ0v) is 17.6. The van der Waals surface area contributed by atoms with Crippen molar-refractivity contribution < 1.29 is 27.2 Å². The summed E-state index contributed by atoms with van der Waals surface area (Å²) in [6.07, 6.45) is -5.03. The molecule has 2 atom stereocenters. The molecule has 0 bridgehead atoms. The van der Waals surface area contributed by atoms with E-state index in [0.29, 0.717) is 6.07 Å². The Kier molecular flexibility index (Phi) is 6.94. The smallest absolute Gasteiger partial charge is 0.344 e. The second-order valence-corrected chi connectivity index (χ2v) is 7.52. The molecule has 1 aliphatic rings. The Labute approximate surface area is 177 Å². The number of nitrogens with one attached hydrogen (secondary N) is 1. The van der Waals surface area contributed by atoms with Gasteiger partial charge < -0.3 is 10.2 Å². The molecule has 1 aromatic carbocycles. The van der Waals surface area contributed by atoms with E-state index in [1.807, 2.05) is 5.32 Å². The first kappa shape index (κ1) is 23.1. The maximum Gasteiger partial charge on any atom is 0.421 e. The molecule has 1 saturated heterocycles. The van der Waals surface area contributed by atoms with E-state index in [1.165, 1.54) is 24.0 Å². The first-order chi connectivity index (χ1) is 13.3. The third kappa shape index (κ3) is 5.08. The number of rotatable bonds is 5. The van der Waals surface area contributed by atoms with Crippen LogP contribution in [-0.4, -0.2) is 47.0 Å². The summed E-state index contributed by atoms with van der Waals surface area (Å²) in [5.41, 5.74) is -2.39. The number of carbonyl (C=O) groups is 2. The molecular formula is C17H16BrClF4N4O2. The summed E-state index contributed by atoms with van der Waals surface area (Å²) in [5.74, 6) is -5.34. The van der Waals surface area contributed by atoms with E-state index in [0.717, 1.165) is 12.1 Å². The van der Waals surface area contributed by atoms with Crippen LogP contribution in [0.3, 0.4) is 0 Å². The van der Waals surface area contributed by atoms with E-state index in [2.05, 4.69) is 27.6 Å². The number of benzene rings is 1. The maximum absolute atomic E-state index is 13.7. The molecule has 0 unspecified atom stereocenters. The lowest BCUT2D eigenvalue weighted by molar-refractivity contribution is -0.139. The van der Waals surface area contributed by atoms with Crippen molar-refractivity contribution in [2.45, 2.75) is 6.18 Å². The molecule has 0 aliphatic carbocycles. The highest BCUT2D eigenvalue weighted by Crippen LogP contribution is 2.37. The van der Waals surface area contributed by atoms with E-state index < -0.39 is 46.9 Å². The van der Waals surface area contributed by atoms with Crippen LogP contribution in [0.4, 0.5) is 23.2 Å². The van der Waals surface area contributed by atoms with Crippen molar-refractivity contribution in [3.8, 4) is 0 Å². The fourth-order valence-electron chi connectivity index (χ4n) is 2.81. The minimum absolute atomic E-state index is 0.0650. The van der Waals surface area contributed by atoms with Crippen LogP contribution < -0.4 is 5.32 Å². The number of hydrogen-bond acceptors (Lipinski definition) is 4. The molecule has 1 N–H and O–H groups in total. The second kappa shape index (κ2) is 8.70. The van der Waals surface area contributed by atoms with Gasteiger partial charge in [-0.25, -0.2) is 4.39 Å². The van der Waals surface area contributed by atoms with Gasteiger partial charge in [0.2, 0.25) is 11.8 Å². The minimum Gasteiger partial charge on any atom is -0.344 e. The van der Waals surface area contributed by atoms with Crippen LogP contribution in [0.15, 0.2) is 35.0 Å². The van der Waals surface area contributed by atoms with Gasteiger partial charge in [-0.05, 0) is 28.1 Å². The summed E-state index contributed by atoms with van der Waals surface area (Å²) in [5, 5.41) is 7.36. The fourth-order valence-corrected chi connectivity index (χ4v) is 3.49. The van der Waals surface area contributed by atoms with Gasteiger partial charge in [-0.1, -0.05) is 24.2 Å². The highest BCUT2D eigenvalue weighted by molar-refractivity contribution is 9.18. The van der Waals surface area contributed by atoms with Gasteiger partial charge in [-0.2, -0.15) is 18.3 Å². The van der Waals surface area contributed by atoms with Crippen LogP contribution in [0.25, 0.3) is 0 Å². The molecule has 0 aromatic heterocycles. The first-order valence-corrected chi connectivity index (χ1v) is 9.25. The zero-order chi connectivity index (χ0) is 22.1. The summed E-state index contributed by atoms with van der Waals surface area (Å²) < 4.78 is 53.5. The number of carbonyl (C=O) groups excluding carboxylic acids is 2. The van der Waals surface area contributed by atoms with Gasteiger partial charge in [-0.15, -0.1) is 0 Å². The minimum atomic E-state index is -5.03. The number of hydrogen-bond donors (Lipinski definition) is 1. The van der Waals surface area contributed by atoms with Gasteiger partial charge in [0.05, 0.1) is 5.69 Å². The molecule has 1 aromatic rings. The van der Waals surface area contributed by atoms with E-state index in [9.17, 15) is 27.2 Å². The number of alkyl halides is 3. The molecule has 0 radical (unpaired) electrons. The van der Waals surface area contributed by atoms with E-state index in [-0.39, 0.29) is 16.3 Å². The molecule has 12 heteroatoms. The lowest BCUT2D eigenvalue weighted by Gasteiger charge is -2.19. The Balaban J connectivity index is 2.37. The largest absolute Gasteiger partial charge is 0.421 e. The van der Waals surface area contributed by atoms with Crippen molar-refractivity contribution in [2.75, 3.05) is 26.0 Å². The summed E-state index contributed by atoms with van der Waals surface area (Å²) in [4.78, 5) is 26.4. The van der Waals surface area contributed by atoms with Crippen LogP contribution in [0, 0.1) is 17.7 Å². The Bertz CT molecular complexity index is 877. The number of likely N-dealkylation sites (tertiary alicyclic amines) is 1.